The minimum absolute atomic E-state index is 0.276. The van der Waals surface area contributed by atoms with Crippen molar-refractivity contribution in [2.24, 2.45) is 0 Å². The Bertz CT molecular complexity index is 315. The SMILES string of the molecule is CC(C)N(C(C)C)P(Cl)OC(F)(F)C(C)(F)C(F)(F)F. The molecule has 2 unspecified atom stereocenters. The van der Waals surface area contributed by atoms with Crippen molar-refractivity contribution in [3.8, 4) is 0 Å². The van der Waals surface area contributed by atoms with Gasteiger partial charge in [0.15, 0.2) is 0 Å². The first-order valence-electron chi connectivity index (χ1n) is 5.72. The molecule has 10 heteroatoms. The maximum atomic E-state index is 13.4. The van der Waals surface area contributed by atoms with Gasteiger partial charge in [-0.1, -0.05) is 0 Å². The van der Waals surface area contributed by atoms with E-state index in [2.05, 4.69) is 4.52 Å². The van der Waals surface area contributed by atoms with Crippen LogP contribution in [0, 0.1) is 0 Å². The second-order valence-electron chi connectivity index (χ2n) is 4.90. The van der Waals surface area contributed by atoms with Crippen molar-refractivity contribution in [1.82, 2.24) is 4.67 Å². The van der Waals surface area contributed by atoms with Gasteiger partial charge in [0.05, 0.1) is 0 Å². The standard InChI is InChI=1S/C10H17ClF6NOP/c1-6(2)18(7(3)4)20(11)19-10(16,17)8(5,12)9(13,14)15/h6-7H,1-5H3. The molecule has 0 radical (unpaired) electrons. The summed E-state index contributed by atoms with van der Waals surface area (Å²) in [6, 6.07) is -0.711. The van der Waals surface area contributed by atoms with Gasteiger partial charge in [-0.2, -0.15) is 22.0 Å². The topological polar surface area (TPSA) is 12.5 Å². The summed E-state index contributed by atoms with van der Waals surface area (Å²) in [6.07, 6.45) is -10.9. The average Bonchev–Trinajstić information content (AvgIpc) is 2.12. The second kappa shape index (κ2) is 6.55. The Morgan fingerprint density at radius 2 is 1.30 bits per heavy atom. The zero-order chi connectivity index (χ0) is 16.5. The molecule has 2 nitrogen and oxygen atoms in total. The lowest BCUT2D eigenvalue weighted by Crippen LogP contribution is -2.54. The van der Waals surface area contributed by atoms with Crippen LogP contribution in [0.1, 0.15) is 34.6 Å². The summed E-state index contributed by atoms with van der Waals surface area (Å²) in [7, 11) is -2.61. The quantitative estimate of drug-likeness (QED) is 0.466. The Morgan fingerprint density at radius 1 is 0.950 bits per heavy atom. The van der Waals surface area contributed by atoms with Crippen LogP contribution in [-0.2, 0) is 4.52 Å². The van der Waals surface area contributed by atoms with Gasteiger partial charge in [0.25, 0.3) is 5.67 Å². The molecule has 0 saturated carbocycles. The molecule has 0 aliphatic rings. The summed E-state index contributed by atoms with van der Waals surface area (Å²) in [4.78, 5) is 0. The summed E-state index contributed by atoms with van der Waals surface area (Å²) < 4.78 is 82.3. The number of alkyl halides is 6. The van der Waals surface area contributed by atoms with Crippen LogP contribution in [-0.4, -0.2) is 34.7 Å². The van der Waals surface area contributed by atoms with Crippen molar-refractivity contribution in [2.75, 3.05) is 0 Å². The molecule has 0 bridgehead atoms. The van der Waals surface area contributed by atoms with Crippen molar-refractivity contribution >= 4 is 18.9 Å². The molecule has 20 heavy (non-hydrogen) atoms. The number of rotatable bonds is 6. The number of halogens is 7. The van der Waals surface area contributed by atoms with E-state index in [9.17, 15) is 26.3 Å². The van der Waals surface area contributed by atoms with Crippen LogP contribution in [0.15, 0.2) is 0 Å². The highest BCUT2D eigenvalue weighted by Crippen LogP contribution is 2.57. The molecule has 2 atom stereocenters. The molecule has 0 N–H and O–H groups in total. The van der Waals surface area contributed by atoms with Gasteiger partial charge in [0.1, 0.15) is 0 Å². The molecular formula is C10H17ClF6NOP. The maximum absolute atomic E-state index is 13.4. The number of nitrogens with zero attached hydrogens (tertiary/aromatic N) is 1. The van der Waals surface area contributed by atoms with E-state index < -0.39 is 25.6 Å². The van der Waals surface area contributed by atoms with Crippen LogP contribution >= 0.6 is 18.9 Å². The van der Waals surface area contributed by atoms with E-state index in [0.717, 1.165) is 0 Å². The Labute approximate surface area is 120 Å². The summed E-state index contributed by atoms with van der Waals surface area (Å²) in [5.41, 5.74) is -4.82. The molecule has 0 rings (SSSR count). The smallest absolute Gasteiger partial charge is 0.263 e. The van der Waals surface area contributed by atoms with E-state index in [-0.39, 0.29) is 19.0 Å². The van der Waals surface area contributed by atoms with Crippen LogP contribution in [0.25, 0.3) is 0 Å². The first-order valence-corrected chi connectivity index (χ1v) is 7.83. The van der Waals surface area contributed by atoms with E-state index in [1.807, 2.05) is 0 Å². The van der Waals surface area contributed by atoms with E-state index in [4.69, 9.17) is 11.2 Å². The predicted octanol–water partition coefficient (Wildman–Crippen LogP) is 5.47. The Kier molecular flexibility index (Phi) is 6.62. The Balaban J connectivity index is 5.19. The van der Waals surface area contributed by atoms with E-state index in [1.54, 1.807) is 27.7 Å². The maximum Gasteiger partial charge on any atom is 0.430 e. The third-order valence-electron chi connectivity index (χ3n) is 2.51. The third kappa shape index (κ3) is 4.36. The van der Waals surface area contributed by atoms with Crippen LogP contribution < -0.4 is 0 Å². The molecule has 0 spiro atoms. The Hall–Kier alpha value is 0.220. The molecule has 0 aliphatic carbocycles. The fourth-order valence-corrected chi connectivity index (χ4v) is 3.84. The van der Waals surface area contributed by atoms with Crippen LogP contribution in [0.3, 0.4) is 0 Å². The van der Waals surface area contributed by atoms with Gasteiger partial charge in [0.2, 0.25) is 7.65 Å². The zero-order valence-corrected chi connectivity index (χ0v) is 13.3. The van der Waals surface area contributed by atoms with Crippen LogP contribution in [0.4, 0.5) is 26.3 Å². The molecule has 0 heterocycles. The Morgan fingerprint density at radius 3 is 1.55 bits per heavy atom. The highest BCUT2D eigenvalue weighted by atomic mass is 35.7. The number of hydrogen-bond acceptors (Lipinski definition) is 2. The predicted molar refractivity (Wildman–Crippen MR) is 66.5 cm³/mol. The largest absolute Gasteiger partial charge is 0.430 e. The van der Waals surface area contributed by atoms with Crippen molar-refractivity contribution in [3.05, 3.63) is 0 Å². The number of hydrogen-bond donors (Lipinski definition) is 0. The highest BCUT2D eigenvalue weighted by Gasteiger charge is 2.70. The fraction of sp³-hybridized carbons (Fsp3) is 1.00. The van der Waals surface area contributed by atoms with Crippen molar-refractivity contribution in [1.29, 1.82) is 0 Å². The van der Waals surface area contributed by atoms with Gasteiger partial charge in [0, 0.05) is 12.1 Å². The van der Waals surface area contributed by atoms with E-state index >= 15 is 0 Å². The van der Waals surface area contributed by atoms with Gasteiger partial charge < -0.3 is 0 Å². The van der Waals surface area contributed by atoms with Crippen molar-refractivity contribution < 1.29 is 30.9 Å². The normalized spacial score (nSPS) is 18.8. The average molecular weight is 348 g/mol. The van der Waals surface area contributed by atoms with Crippen LogP contribution in [0.5, 0.6) is 0 Å². The zero-order valence-electron chi connectivity index (χ0n) is 11.6. The van der Waals surface area contributed by atoms with Crippen molar-refractivity contribution in [3.63, 3.8) is 0 Å². The molecular weight excluding hydrogens is 331 g/mol. The van der Waals surface area contributed by atoms with Gasteiger partial charge in [-0.25, -0.2) is 9.06 Å². The molecule has 0 saturated heterocycles. The molecule has 0 fully saturated rings. The lowest BCUT2D eigenvalue weighted by atomic mass is 10.1. The lowest BCUT2D eigenvalue weighted by molar-refractivity contribution is -0.350. The third-order valence-corrected chi connectivity index (χ3v) is 4.91. The monoisotopic (exact) mass is 347 g/mol. The summed E-state index contributed by atoms with van der Waals surface area (Å²) in [5, 5.41) is 0. The van der Waals surface area contributed by atoms with Gasteiger partial charge in [-0.05, 0) is 45.9 Å². The van der Waals surface area contributed by atoms with Crippen LogP contribution in [0.2, 0.25) is 0 Å². The summed E-state index contributed by atoms with van der Waals surface area (Å²) in [6.45, 7) is 6.16. The second-order valence-corrected chi connectivity index (χ2v) is 6.87. The molecule has 0 aromatic carbocycles. The molecule has 0 amide bonds. The fourth-order valence-electron chi connectivity index (χ4n) is 1.35. The van der Waals surface area contributed by atoms with E-state index in [0.29, 0.717) is 0 Å². The first-order chi connectivity index (χ1) is 8.65. The summed E-state index contributed by atoms with van der Waals surface area (Å²) >= 11 is 5.63. The van der Waals surface area contributed by atoms with Gasteiger partial charge >= 0.3 is 12.3 Å². The lowest BCUT2D eigenvalue weighted by Gasteiger charge is -2.37. The van der Waals surface area contributed by atoms with Gasteiger partial charge in [-0.15, -0.1) is 0 Å². The minimum Gasteiger partial charge on any atom is -0.263 e. The summed E-state index contributed by atoms with van der Waals surface area (Å²) in [5.74, 6) is 0. The molecule has 0 aliphatic heterocycles. The van der Waals surface area contributed by atoms with Gasteiger partial charge in [-0.3, -0.25) is 4.52 Å². The molecule has 0 aromatic heterocycles. The highest BCUT2D eigenvalue weighted by molar-refractivity contribution is 7.78. The minimum atomic E-state index is -5.77. The first kappa shape index (κ1) is 20.2. The van der Waals surface area contributed by atoms with Crippen molar-refractivity contribution in [2.45, 2.75) is 64.7 Å². The van der Waals surface area contributed by atoms with E-state index in [1.165, 1.54) is 4.67 Å². The molecule has 0 aromatic rings. The molecule has 122 valence electrons.